The molecule has 2 aliphatic rings. The summed E-state index contributed by atoms with van der Waals surface area (Å²) >= 11 is 0. The Labute approximate surface area is 128 Å². The third kappa shape index (κ3) is 2.01. The minimum absolute atomic E-state index is 0.0372. The van der Waals surface area contributed by atoms with E-state index in [0.717, 1.165) is 24.2 Å². The summed E-state index contributed by atoms with van der Waals surface area (Å²) in [5.74, 6) is 0.294. The molecule has 0 unspecified atom stereocenters. The SMILES string of the molecule is CCn1ncc([C@@H]2C(C#N)=C(N)OC3=C2C(=O)CCC3)c1C. The van der Waals surface area contributed by atoms with E-state index in [2.05, 4.69) is 11.2 Å². The van der Waals surface area contributed by atoms with Crippen LogP contribution in [0.3, 0.4) is 0 Å². The molecule has 0 saturated heterocycles. The number of carbonyl (C=O) groups is 1. The quantitative estimate of drug-likeness (QED) is 0.901. The fourth-order valence-electron chi connectivity index (χ4n) is 3.23. The van der Waals surface area contributed by atoms with Gasteiger partial charge in [-0.2, -0.15) is 10.4 Å². The second kappa shape index (κ2) is 5.34. The Morgan fingerprint density at radius 3 is 2.95 bits per heavy atom. The first-order chi connectivity index (χ1) is 10.6. The summed E-state index contributed by atoms with van der Waals surface area (Å²) in [5, 5.41) is 13.8. The van der Waals surface area contributed by atoms with Crippen LogP contribution in [0.2, 0.25) is 0 Å². The fourth-order valence-corrected chi connectivity index (χ4v) is 3.23. The number of nitrogens with two attached hydrogens (primary N) is 1. The molecule has 3 rings (SSSR count). The van der Waals surface area contributed by atoms with E-state index in [4.69, 9.17) is 10.5 Å². The normalized spacial score (nSPS) is 21.5. The molecule has 6 nitrogen and oxygen atoms in total. The Morgan fingerprint density at radius 2 is 2.32 bits per heavy atom. The summed E-state index contributed by atoms with van der Waals surface area (Å²) in [7, 11) is 0. The van der Waals surface area contributed by atoms with Crippen molar-refractivity contribution in [1.82, 2.24) is 9.78 Å². The first-order valence-electron chi connectivity index (χ1n) is 7.44. The van der Waals surface area contributed by atoms with Gasteiger partial charge in [0, 0.05) is 36.2 Å². The molecule has 0 fully saturated rings. The molecule has 6 heteroatoms. The van der Waals surface area contributed by atoms with Crippen molar-refractivity contribution >= 4 is 5.78 Å². The molecule has 1 aliphatic heterocycles. The van der Waals surface area contributed by atoms with Gasteiger partial charge in [-0.3, -0.25) is 9.48 Å². The van der Waals surface area contributed by atoms with Crippen molar-refractivity contribution in [3.05, 3.63) is 40.2 Å². The molecule has 1 aromatic rings. The molecule has 0 saturated carbocycles. The van der Waals surface area contributed by atoms with Crippen molar-refractivity contribution in [2.24, 2.45) is 5.73 Å². The van der Waals surface area contributed by atoms with E-state index in [1.54, 1.807) is 6.20 Å². The van der Waals surface area contributed by atoms with Crippen molar-refractivity contribution in [3.63, 3.8) is 0 Å². The molecule has 1 aliphatic carbocycles. The number of ether oxygens (including phenoxy) is 1. The van der Waals surface area contributed by atoms with Gasteiger partial charge in [-0.05, 0) is 20.3 Å². The van der Waals surface area contributed by atoms with Crippen molar-refractivity contribution < 1.29 is 9.53 Å². The number of aromatic nitrogens is 2. The number of Topliss-reactive ketones (excluding diaryl/α,β-unsaturated/α-hetero) is 1. The fraction of sp³-hybridized carbons (Fsp3) is 0.438. The zero-order valence-corrected chi connectivity index (χ0v) is 12.7. The summed E-state index contributed by atoms with van der Waals surface area (Å²) in [4.78, 5) is 12.4. The lowest BCUT2D eigenvalue weighted by Gasteiger charge is -2.30. The number of rotatable bonds is 2. The minimum atomic E-state index is -0.457. The molecule has 0 aromatic carbocycles. The van der Waals surface area contributed by atoms with Crippen LogP contribution in [-0.2, 0) is 16.1 Å². The molecule has 0 spiro atoms. The largest absolute Gasteiger partial charge is 0.444 e. The van der Waals surface area contributed by atoms with Crippen LogP contribution in [0.1, 0.15) is 43.4 Å². The van der Waals surface area contributed by atoms with E-state index < -0.39 is 5.92 Å². The first-order valence-corrected chi connectivity index (χ1v) is 7.44. The lowest BCUT2D eigenvalue weighted by Crippen LogP contribution is -2.27. The molecule has 0 radical (unpaired) electrons. The lowest BCUT2D eigenvalue weighted by atomic mass is 9.78. The lowest BCUT2D eigenvalue weighted by molar-refractivity contribution is -0.116. The van der Waals surface area contributed by atoms with Crippen LogP contribution in [0.5, 0.6) is 0 Å². The van der Waals surface area contributed by atoms with Crippen molar-refractivity contribution in [1.29, 1.82) is 5.26 Å². The molecular weight excluding hydrogens is 280 g/mol. The highest BCUT2D eigenvalue weighted by atomic mass is 16.5. The third-order valence-corrected chi connectivity index (χ3v) is 4.36. The number of aryl methyl sites for hydroxylation is 1. The summed E-state index contributed by atoms with van der Waals surface area (Å²) in [6, 6.07) is 2.12. The molecule has 2 N–H and O–H groups in total. The summed E-state index contributed by atoms with van der Waals surface area (Å²) < 4.78 is 7.41. The molecule has 0 bridgehead atoms. The van der Waals surface area contributed by atoms with Crippen LogP contribution in [0.4, 0.5) is 0 Å². The van der Waals surface area contributed by atoms with Gasteiger partial charge in [0.05, 0.1) is 12.1 Å². The van der Waals surface area contributed by atoms with Gasteiger partial charge in [0.2, 0.25) is 5.88 Å². The standard InChI is InChI=1S/C16H18N4O2/c1-3-20-9(2)11(8-19-20)14-10(7-17)16(18)22-13-6-4-5-12(21)15(13)14/h8,14H,3-6,18H2,1-2H3/t14-/m0/s1. The van der Waals surface area contributed by atoms with Gasteiger partial charge in [0.25, 0.3) is 0 Å². The number of hydrogen-bond donors (Lipinski definition) is 1. The van der Waals surface area contributed by atoms with E-state index in [1.165, 1.54) is 0 Å². The molecule has 2 heterocycles. The third-order valence-electron chi connectivity index (χ3n) is 4.36. The molecular formula is C16H18N4O2. The highest BCUT2D eigenvalue weighted by Gasteiger charge is 2.39. The summed E-state index contributed by atoms with van der Waals surface area (Å²) in [6.07, 6.45) is 3.65. The topological polar surface area (TPSA) is 93.9 Å². The smallest absolute Gasteiger partial charge is 0.205 e. The highest BCUT2D eigenvalue weighted by molar-refractivity contribution is 5.99. The maximum atomic E-state index is 12.4. The van der Waals surface area contributed by atoms with E-state index in [0.29, 0.717) is 29.7 Å². The Hall–Kier alpha value is -2.55. The average Bonchev–Trinajstić information content (AvgIpc) is 2.86. The number of allylic oxidation sites excluding steroid dienone is 3. The molecule has 1 atom stereocenters. The van der Waals surface area contributed by atoms with E-state index in [9.17, 15) is 10.1 Å². The Bertz CT molecular complexity index is 749. The Kier molecular flexibility index (Phi) is 3.49. The van der Waals surface area contributed by atoms with Crippen molar-refractivity contribution in [2.75, 3.05) is 0 Å². The van der Waals surface area contributed by atoms with Crippen LogP contribution < -0.4 is 5.73 Å². The predicted octanol–water partition coefficient (Wildman–Crippen LogP) is 2.03. The van der Waals surface area contributed by atoms with Crippen molar-refractivity contribution in [2.45, 2.75) is 45.6 Å². The summed E-state index contributed by atoms with van der Waals surface area (Å²) in [5.41, 5.74) is 8.60. The van der Waals surface area contributed by atoms with Crippen LogP contribution >= 0.6 is 0 Å². The predicted molar refractivity (Wildman–Crippen MR) is 79.2 cm³/mol. The number of hydrogen-bond acceptors (Lipinski definition) is 5. The van der Waals surface area contributed by atoms with Gasteiger partial charge < -0.3 is 10.5 Å². The van der Waals surface area contributed by atoms with Crippen LogP contribution in [0, 0.1) is 18.3 Å². The second-order valence-corrected chi connectivity index (χ2v) is 5.54. The Morgan fingerprint density at radius 1 is 1.55 bits per heavy atom. The minimum Gasteiger partial charge on any atom is -0.444 e. The number of ketones is 1. The second-order valence-electron chi connectivity index (χ2n) is 5.54. The Balaban J connectivity index is 2.20. The number of nitrogens with zero attached hydrogens (tertiary/aromatic N) is 3. The van der Waals surface area contributed by atoms with Gasteiger partial charge in [-0.1, -0.05) is 0 Å². The maximum Gasteiger partial charge on any atom is 0.205 e. The highest BCUT2D eigenvalue weighted by Crippen LogP contribution is 2.43. The maximum absolute atomic E-state index is 12.4. The van der Waals surface area contributed by atoms with Crippen LogP contribution in [0.15, 0.2) is 29.0 Å². The number of carbonyl (C=O) groups excluding carboxylic acids is 1. The van der Waals surface area contributed by atoms with E-state index in [-0.39, 0.29) is 11.7 Å². The van der Waals surface area contributed by atoms with Crippen LogP contribution in [-0.4, -0.2) is 15.6 Å². The summed E-state index contributed by atoms with van der Waals surface area (Å²) in [6.45, 7) is 4.68. The zero-order chi connectivity index (χ0) is 15.9. The van der Waals surface area contributed by atoms with Gasteiger partial charge in [-0.25, -0.2) is 0 Å². The van der Waals surface area contributed by atoms with E-state index in [1.807, 2.05) is 18.5 Å². The van der Waals surface area contributed by atoms with Gasteiger partial charge in [0.1, 0.15) is 17.4 Å². The number of nitriles is 1. The van der Waals surface area contributed by atoms with Crippen LogP contribution in [0.25, 0.3) is 0 Å². The molecule has 114 valence electrons. The van der Waals surface area contributed by atoms with E-state index >= 15 is 0 Å². The van der Waals surface area contributed by atoms with Crippen molar-refractivity contribution in [3.8, 4) is 6.07 Å². The van der Waals surface area contributed by atoms with Gasteiger partial charge in [0.15, 0.2) is 5.78 Å². The average molecular weight is 298 g/mol. The monoisotopic (exact) mass is 298 g/mol. The van der Waals surface area contributed by atoms with Gasteiger partial charge >= 0.3 is 0 Å². The molecule has 1 aromatic heterocycles. The zero-order valence-electron chi connectivity index (χ0n) is 12.7. The molecule has 0 amide bonds. The molecule has 22 heavy (non-hydrogen) atoms. The van der Waals surface area contributed by atoms with Gasteiger partial charge in [-0.15, -0.1) is 0 Å². The first kappa shape index (κ1) is 14.4.